The molecule has 2 aromatic heterocycles. The third-order valence-corrected chi connectivity index (χ3v) is 3.97. The quantitative estimate of drug-likeness (QED) is 0.807. The zero-order chi connectivity index (χ0) is 16.4. The van der Waals surface area contributed by atoms with Gasteiger partial charge in [-0.2, -0.15) is 18.3 Å². The minimum Gasteiger partial charge on any atom is -0.342 e. The van der Waals surface area contributed by atoms with Crippen LogP contribution < -0.4 is 4.90 Å². The van der Waals surface area contributed by atoms with E-state index in [1.807, 2.05) is 11.9 Å². The molecule has 23 heavy (non-hydrogen) atoms. The maximum absolute atomic E-state index is 12.4. The van der Waals surface area contributed by atoms with E-state index in [0.717, 1.165) is 11.2 Å². The van der Waals surface area contributed by atoms with Crippen LogP contribution in [0, 0.1) is 5.92 Å². The molecule has 0 atom stereocenters. The summed E-state index contributed by atoms with van der Waals surface area (Å²) in [4.78, 5) is 1.99. The van der Waals surface area contributed by atoms with Gasteiger partial charge in [-0.05, 0) is 29.2 Å². The molecule has 0 amide bonds. The van der Waals surface area contributed by atoms with E-state index in [-0.39, 0.29) is 6.54 Å². The van der Waals surface area contributed by atoms with Crippen molar-refractivity contribution in [2.24, 2.45) is 5.92 Å². The molecule has 7 nitrogen and oxygen atoms in total. The van der Waals surface area contributed by atoms with Gasteiger partial charge in [-0.25, -0.2) is 4.68 Å². The van der Waals surface area contributed by atoms with E-state index in [4.69, 9.17) is 0 Å². The largest absolute Gasteiger partial charge is 0.408 e. The summed E-state index contributed by atoms with van der Waals surface area (Å²) in [7, 11) is 1.92. The number of nitrogens with zero attached hydrogens (tertiary/aromatic N) is 7. The van der Waals surface area contributed by atoms with Crippen LogP contribution in [-0.4, -0.2) is 49.8 Å². The minimum absolute atomic E-state index is 0.287. The molecule has 0 bridgehead atoms. The summed E-state index contributed by atoms with van der Waals surface area (Å²) in [5.41, 5.74) is 0.625. The van der Waals surface area contributed by atoms with Crippen LogP contribution in [-0.2, 0) is 13.1 Å². The maximum atomic E-state index is 12.4. The van der Waals surface area contributed by atoms with Crippen LogP contribution in [0.2, 0.25) is 0 Å². The van der Waals surface area contributed by atoms with Crippen molar-refractivity contribution in [2.45, 2.75) is 38.5 Å². The zero-order valence-corrected chi connectivity index (χ0v) is 12.7. The normalized spacial score (nSPS) is 15.7. The summed E-state index contributed by atoms with van der Waals surface area (Å²) in [6, 6.07) is 0. The van der Waals surface area contributed by atoms with Crippen molar-refractivity contribution in [3.8, 4) is 0 Å². The fourth-order valence-corrected chi connectivity index (χ4v) is 2.65. The molecule has 1 aliphatic rings. The van der Waals surface area contributed by atoms with E-state index in [2.05, 4.69) is 20.6 Å². The van der Waals surface area contributed by atoms with Crippen molar-refractivity contribution in [3.05, 3.63) is 18.0 Å². The van der Waals surface area contributed by atoms with E-state index >= 15 is 0 Å². The Morgan fingerprint density at radius 2 is 2.13 bits per heavy atom. The molecule has 0 unspecified atom stereocenters. The van der Waals surface area contributed by atoms with Crippen LogP contribution in [0.4, 0.5) is 19.1 Å². The van der Waals surface area contributed by atoms with Gasteiger partial charge in [0.2, 0.25) is 5.95 Å². The Morgan fingerprint density at radius 1 is 1.35 bits per heavy atom. The van der Waals surface area contributed by atoms with Crippen LogP contribution in [0.5, 0.6) is 0 Å². The number of tetrazole rings is 1. The average Bonchev–Trinajstić information content (AvgIpc) is 3.02. The molecule has 0 aromatic carbocycles. The van der Waals surface area contributed by atoms with E-state index in [1.54, 1.807) is 4.68 Å². The molecule has 1 saturated carbocycles. The Labute approximate surface area is 131 Å². The Balaban J connectivity index is 1.65. The molecule has 0 spiro atoms. The average molecular weight is 329 g/mol. The predicted molar refractivity (Wildman–Crippen MR) is 75.8 cm³/mol. The second-order valence-corrected chi connectivity index (χ2v) is 5.98. The summed E-state index contributed by atoms with van der Waals surface area (Å²) in [5.74, 6) is 1.28. The van der Waals surface area contributed by atoms with Gasteiger partial charge in [-0.15, -0.1) is 0 Å². The van der Waals surface area contributed by atoms with Crippen molar-refractivity contribution >= 4 is 5.95 Å². The predicted octanol–water partition coefficient (Wildman–Crippen LogP) is 1.72. The molecule has 2 aromatic rings. The summed E-state index contributed by atoms with van der Waals surface area (Å²) in [6.07, 6.45) is 2.19. The third-order valence-electron chi connectivity index (χ3n) is 3.97. The molecular formula is C13H18F3N7. The lowest BCUT2D eigenvalue weighted by Crippen LogP contribution is -2.31. The lowest BCUT2D eigenvalue weighted by atomic mass is 9.85. The number of rotatable bonds is 6. The van der Waals surface area contributed by atoms with Crippen LogP contribution in [0.3, 0.4) is 0 Å². The van der Waals surface area contributed by atoms with Gasteiger partial charge in [-0.3, -0.25) is 4.68 Å². The highest BCUT2D eigenvalue weighted by atomic mass is 19.4. The summed E-state index contributed by atoms with van der Waals surface area (Å²) < 4.78 is 39.5. The number of halogens is 3. The van der Waals surface area contributed by atoms with Gasteiger partial charge in [-0.1, -0.05) is 11.5 Å². The number of hydrogen-bond donors (Lipinski definition) is 0. The second kappa shape index (κ2) is 6.17. The molecule has 2 heterocycles. The lowest BCUT2D eigenvalue weighted by molar-refractivity contribution is -0.142. The molecule has 10 heteroatoms. The molecule has 126 valence electrons. The monoisotopic (exact) mass is 329 g/mol. The van der Waals surface area contributed by atoms with Crippen LogP contribution in [0.25, 0.3) is 0 Å². The highest BCUT2D eigenvalue weighted by molar-refractivity contribution is 5.27. The summed E-state index contributed by atoms with van der Waals surface area (Å²) in [5, 5.41) is 15.3. The number of hydrogen-bond acceptors (Lipinski definition) is 5. The van der Waals surface area contributed by atoms with Gasteiger partial charge in [0.1, 0.15) is 6.54 Å². The van der Waals surface area contributed by atoms with E-state index in [1.165, 1.54) is 31.7 Å². The number of aromatic nitrogens is 6. The van der Waals surface area contributed by atoms with Gasteiger partial charge in [0.15, 0.2) is 0 Å². The molecule has 0 saturated heterocycles. The van der Waals surface area contributed by atoms with E-state index in [9.17, 15) is 13.2 Å². The Morgan fingerprint density at radius 3 is 2.78 bits per heavy atom. The highest BCUT2D eigenvalue weighted by Crippen LogP contribution is 2.27. The minimum atomic E-state index is -4.29. The Bertz CT molecular complexity index is 644. The number of alkyl halides is 3. The molecular weight excluding hydrogens is 311 g/mol. The van der Waals surface area contributed by atoms with Crippen molar-refractivity contribution in [1.82, 2.24) is 30.0 Å². The third kappa shape index (κ3) is 3.99. The van der Waals surface area contributed by atoms with Crippen molar-refractivity contribution in [3.63, 3.8) is 0 Å². The van der Waals surface area contributed by atoms with Crippen LogP contribution >= 0.6 is 0 Å². The molecule has 1 fully saturated rings. The first kappa shape index (κ1) is 15.8. The summed E-state index contributed by atoms with van der Waals surface area (Å²) in [6.45, 7) is 0.0694. The van der Waals surface area contributed by atoms with Crippen LogP contribution in [0.15, 0.2) is 12.4 Å². The van der Waals surface area contributed by atoms with Gasteiger partial charge in [0.05, 0.1) is 12.7 Å². The Hall–Kier alpha value is -2.13. The molecule has 0 aliphatic heterocycles. The zero-order valence-electron chi connectivity index (χ0n) is 12.7. The fraction of sp³-hybridized carbons (Fsp3) is 0.692. The summed E-state index contributed by atoms with van der Waals surface area (Å²) >= 11 is 0. The van der Waals surface area contributed by atoms with Gasteiger partial charge < -0.3 is 4.90 Å². The lowest BCUT2D eigenvalue weighted by Gasteiger charge is -2.30. The van der Waals surface area contributed by atoms with E-state index < -0.39 is 12.7 Å². The van der Waals surface area contributed by atoms with Gasteiger partial charge in [0.25, 0.3) is 0 Å². The molecule has 1 aliphatic carbocycles. The second-order valence-electron chi connectivity index (χ2n) is 5.98. The maximum Gasteiger partial charge on any atom is 0.408 e. The SMILES string of the molecule is CN(CC1CCC1)c1nnnn1Cc1cnn(CC(F)(F)F)c1. The van der Waals surface area contributed by atoms with Crippen molar-refractivity contribution in [1.29, 1.82) is 0 Å². The standard InChI is InChI=1S/C13H18F3N7/c1-21(6-10-3-2-4-10)12-18-19-20-23(12)8-11-5-17-22(7-11)9-13(14,15)16/h5,7,10H,2-4,6,8-9H2,1H3. The first-order chi connectivity index (χ1) is 10.9. The van der Waals surface area contributed by atoms with E-state index in [0.29, 0.717) is 17.4 Å². The first-order valence-corrected chi connectivity index (χ1v) is 7.46. The highest BCUT2D eigenvalue weighted by Gasteiger charge is 2.28. The molecule has 3 rings (SSSR count). The Kier molecular flexibility index (Phi) is 4.22. The van der Waals surface area contributed by atoms with Crippen LogP contribution in [0.1, 0.15) is 24.8 Å². The van der Waals surface area contributed by atoms with Gasteiger partial charge >= 0.3 is 6.18 Å². The fourth-order valence-electron chi connectivity index (χ4n) is 2.65. The van der Waals surface area contributed by atoms with Crippen molar-refractivity contribution in [2.75, 3.05) is 18.5 Å². The number of anilines is 1. The smallest absolute Gasteiger partial charge is 0.342 e. The topological polar surface area (TPSA) is 64.7 Å². The molecule has 0 N–H and O–H groups in total. The molecule has 0 radical (unpaired) electrons. The van der Waals surface area contributed by atoms with Crippen molar-refractivity contribution < 1.29 is 13.2 Å². The first-order valence-electron chi connectivity index (χ1n) is 7.46. The van der Waals surface area contributed by atoms with Gasteiger partial charge in [0, 0.05) is 25.4 Å².